The molecule has 0 spiro atoms. The monoisotopic (exact) mass is 166 g/mol. The molecule has 0 rings (SSSR count). The highest BCUT2D eigenvalue weighted by atomic mass is 17.1. The van der Waals surface area contributed by atoms with E-state index in [0.29, 0.717) is 0 Å². The summed E-state index contributed by atoms with van der Waals surface area (Å²) in [5, 5.41) is 16.2. The van der Waals surface area contributed by atoms with Crippen molar-refractivity contribution in [3.05, 3.63) is 0 Å². The molecule has 0 aliphatic rings. The van der Waals surface area contributed by atoms with Crippen LogP contribution in [0.4, 0.5) is 0 Å². The van der Waals surface area contributed by atoms with E-state index in [9.17, 15) is 0 Å². The van der Waals surface area contributed by atoms with Gasteiger partial charge in [0.25, 0.3) is 0 Å². The van der Waals surface area contributed by atoms with Gasteiger partial charge >= 0.3 is 0 Å². The molecular weight excluding hydrogens is 152 g/mol. The molecule has 68 valence electrons. The van der Waals surface area contributed by atoms with E-state index in [4.69, 9.17) is 15.3 Å². The molecule has 2 N–H and O–H groups in total. The van der Waals surface area contributed by atoms with Crippen LogP contribution >= 0.6 is 0 Å². The Bertz CT molecular complexity index is 77.0. The summed E-state index contributed by atoms with van der Waals surface area (Å²) in [6, 6.07) is 0. The van der Waals surface area contributed by atoms with Crippen molar-refractivity contribution in [2.24, 2.45) is 0 Å². The standard InChI is InChI=1S/C6H14O5/c1-5(10-7)3-9-4-6(2)11-8/h5-8H,3-4H2,1-2H3. The lowest BCUT2D eigenvalue weighted by molar-refractivity contribution is -0.296. The molecule has 5 heteroatoms. The lowest BCUT2D eigenvalue weighted by Gasteiger charge is -2.10. The predicted octanol–water partition coefficient (Wildman–Crippen LogP) is 0.759. The van der Waals surface area contributed by atoms with Crippen LogP contribution in [0.3, 0.4) is 0 Å². The summed E-state index contributed by atoms with van der Waals surface area (Å²) in [7, 11) is 0. The summed E-state index contributed by atoms with van der Waals surface area (Å²) < 4.78 is 4.97. The summed E-state index contributed by atoms with van der Waals surface area (Å²) in [5.41, 5.74) is 0. The molecule has 0 amide bonds. The average Bonchev–Trinajstić information content (AvgIpc) is 2.04. The molecule has 2 atom stereocenters. The van der Waals surface area contributed by atoms with Crippen LogP contribution in [0.5, 0.6) is 0 Å². The van der Waals surface area contributed by atoms with E-state index in [0.717, 1.165) is 0 Å². The minimum absolute atomic E-state index is 0.268. The van der Waals surface area contributed by atoms with Crippen molar-refractivity contribution in [3.63, 3.8) is 0 Å². The van der Waals surface area contributed by atoms with Gasteiger partial charge in [-0.05, 0) is 13.8 Å². The van der Waals surface area contributed by atoms with Gasteiger partial charge in [-0.1, -0.05) is 0 Å². The van der Waals surface area contributed by atoms with Crippen molar-refractivity contribution in [1.29, 1.82) is 0 Å². The van der Waals surface area contributed by atoms with Crippen LogP contribution in [0.2, 0.25) is 0 Å². The number of rotatable bonds is 6. The SMILES string of the molecule is CC(COCC(C)OO)OO. The van der Waals surface area contributed by atoms with Gasteiger partial charge < -0.3 is 4.74 Å². The molecule has 2 unspecified atom stereocenters. The topological polar surface area (TPSA) is 68.2 Å². The van der Waals surface area contributed by atoms with Crippen LogP contribution in [0.1, 0.15) is 13.8 Å². The Morgan fingerprint density at radius 3 is 1.64 bits per heavy atom. The second kappa shape index (κ2) is 6.51. The fourth-order valence-electron chi connectivity index (χ4n) is 0.461. The molecule has 0 saturated heterocycles. The molecule has 0 aromatic heterocycles. The van der Waals surface area contributed by atoms with E-state index in [1.165, 1.54) is 0 Å². The molecule has 0 aliphatic carbocycles. The van der Waals surface area contributed by atoms with Crippen molar-refractivity contribution in [1.82, 2.24) is 0 Å². The fourth-order valence-corrected chi connectivity index (χ4v) is 0.461. The van der Waals surface area contributed by atoms with Crippen LogP contribution in [-0.4, -0.2) is 35.9 Å². The maximum atomic E-state index is 8.10. The Hall–Kier alpha value is -0.200. The summed E-state index contributed by atoms with van der Waals surface area (Å²) in [6.45, 7) is 3.85. The van der Waals surface area contributed by atoms with E-state index in [1.54, 1.807) is 13.8 Å². The zero-order valence-corrected chi connectivity index (χ0v) is 6.69. The highest BCUT2D eigenvalue weighted by Gasteiger charge is 2.04. The van der Waals surface area contributed by atoms with Gasteiger partial charge in [-0.15, -0.1) is 0 Å². The zero-order valence-electron chi connectivity index (χ0n) is 6.69. The quantitative estimate of drug-likeness (QED) is 0.450. The van der Waals surface area contributed by atoms with E-state index in [2.05, 4.69) is 9.78 Å². The highest BCUT2D eigenvalue weighted by molar-refractivity contribution is 4.47. The van der Waals surface area contributed by atoms with Gasteiger partial charge in [0.05, 0.1) is 13.2 Å². The number of hydrogen-bond acceptors (Lipinski definition) is 5. The summed E-state index contributed by atoms with van der Waals surface area (Å²) in [4.78, 5) is 7.87. The molecule has 0 bridgehead atoms. The summed E-state index contributed by atoms with van der Waals surface area (Å²) >= 11 is 0. The van der Waals surface area contributed by atoms with Crippen molar-refractivity contribution >= 4 is 0 Å². The third-order valence-electron chi connectivity index (χ3n) is 1.07. The van der Waals surface area contributed by atoms with Gasteiger partial charge in [0.2, 0.25) is 0 Å². The molecular formula is C6H14O5. The predicted molar refractivity (Wildman–Crippen MR) is 37.2 cm³/mol. The van der Waals surface area contributed by atoms with E-state index < -0.39 is 0 Å². The molecule has 0 saturated carbocycles. The Labute approximate surface area is 65.4 Å². The van der Waals surface area contributed by atoms with Crippen LogP contribution in [0, 0.1) is 0 Å². The Balaban J connectivity index is 3.13. The fraction of sp³-hybridized carbons (Fsp3) is 1.00. The van der Waals surface area contributed by atoms with E-state index in [1.807, 2.05) is 0 Å². The molecule has 0 radical (unpaired) electrons. The van der Waals surface area contributed by atoms with E-state index >= 15 is 0 Å². The van der Waals surface area contributed by atoms with Crippen molar-refractivity contribution in [2.45, 2.75) is 26.1 Å². The maximum Gasteiger partial charge on any atom is 0.113 e. The van der Waals surface area contributed by atoms with Gasteiger partial charge in [0.1, 0.15) is 12.2 Å². The Morgan fingerprint density at radius 2 is 1.36 bits per heavy atom. The first kappa shape index (κ1) is 10.8. The maximum absolute atomic E-state index is 8.10. The van der Waals surface area contributed by atoms with Crippen LogP contribution in [-0.2, 0) is 14.5 Å². The third-order valence-corrected chi connectivity index (χ3v) is 1.07. The van der Waals surface area contributed by atoms with Crippen LogP contribution in [0.25, 0.3) is 0 Å². The van der Waals surface area contributed by atoms with Gasteiger partial charge in [-0.25, -0.2) is 9.78 Å². The third kappa shape index (κ3) is 6.21. The number of hydrogen-bond donors (Lipinski definition) is 2. The second-order valence-electron chi connectivity index (χ2n) is 2.37. The average molecular weight is 166 g/mol. The zero-order chi connectivity index (χ0) is 8.69. The smallest absolute Gasteiger partial charge is 0.113 e. The molecule has 0 heterocycles. The first-order chi connectivity index (χ1) is 5.20. The Kier molecular flexibility index (Phi) is 6.39. The Morgan fingerprint density at radius 1 is 1.00 bits per heavy atom. The van der Waals surface area contributed by atoms with Crippen molar-refractivity contribution in [3.8, 4) is 0 Å². The molecule has 0 aliphatic heterocycles. The lowest BCUT2D eigenvalue weighted by atomic mass is 10.4. The second-order valence-corrected chi connectivity index (χ2v) is 2.37. The van der Waals surface area contributed by atoms with E-state index in [-0.39, 0.29) is 25.4 Å². The van der Waals surface area contributed by atoms with Gasteiger partial charge in [0.15, 0.2) is 0 Å². The van der Waals surface area contributed by atoms with Crippen LogP contribution in [0.15, 0.2) is 0 Å². The van der Waals surface area contributed by atoms with Gasteiger partial charge in [-0.2, -0.15) is 0 Å². The highest BCUT2D eigenvalue weighted by Crippen LogP contribution is 1.92. The lowest BCUT2D eigenvalue weighted by Crippen LogP contribution is -2.20. The van der Waals surface area contributed by atoms with Gasteiger partial charge in [0, 0.05) is 0 Å². The molecule has 0 fully saturated rings. The largest absolute Gasteiger partial charge is 0.376 e. The molecule has 0 aromatic rings. The van der Waals surface area contributed by atoms with Crippen LogP contribution < -0.4 is 0 Å². The molecule has 0 aromatic carbocycles. The minimum atomic E-state index is -0.360. The van der Waals surface area contributed by atoms with Crippen molar-refractivity contribution < 1.29 is 25.0 Å². The van der Waals surface area contributed by atoms with Gasteiger partial charge in [-0.3, -0.25) is 10.5 Å². The summed E-state index contributed by atoms with van der Waals surface area (Å²) in [6.07, 6.45) is -0.721. The first-order valence-electron chi connectivity index (χ1n) is 3.39. The minimum Gasteiger partial charge on any atom is -0.376 e. The molecule has 11 heavy (non-hydrogen) atoms. The normalized spacial score (nSPS) is 16.4. The molecule has 5 nitrogen and oxygen atoms in total. The number of ether oxygens (including phenoxy) is 1. The van der Waals surface area contributed by atoms with Crippen molar-refractivity contribution in [2.75, 3.05) is 13.2 Å². The first-order valence-corrected chi connectivity index (χ1v) is 3.39. The summed E-state index contributed by atoms with van der Waals surface area (Å²) in [5.74, 6) is 0.